The van der Waals surface area contributed by atoms with E-state index in [0.29, 0.717) is 42.6 Å². The second kappa shape index (κ2) is 8.39. The molecule has 1 aromatic carbocycles. The van der Waals surface area contributed by atoms with Gasteiger partial charge in [-0.15, -0.1) is 0 Å². The lowest BCUT2D eigenvalue weighted by molar-refractivity contribution is -0.130. The number of nitrogens with one attached hydrogen (secondary N) is 1. The Hall–Kier alpha value is -2.48. The van der Waals surface area contributed by atoms with Crippen LogP contribution in [0.5, 0.6) is 17.2 Å². The standard InChI is InChI=1S/C16H22N2O6/c1-4-21-12-7-10(8-13(22-5-2)14(12)23-6-3)16-17-11(9-24-16)15(19)18-20/h7-8,11,20H,4-6,9H2,1-3H3,(H,18,19). The lowest BCUT2D eigenvalue weighted by Gasteiger charge is -2.17. The van der Waals surface area contributed by atoms with E-state index in [9.17, 15) is 4.79 Å². The van der Waals surface area contributed by atoms with Crippen LogP contribution >= 0.6 is 0 Å². The van der Waals surface area contributed by atoms with Crippen LogP contribution in [0.15, 0.2) is 17.1 Å². The van der Waals surface area contributed by atoms with Gasteiger partial charge in [-0.25, -0.2) is 10.5 Å². The topological polar surface area (TPSA) is 98.6 Å². The highest BCUT2D eigenvalue weighted by Gasteiger charge is 2.28. The molecule has 0 aliphatic carbocycles. The maximum atomic E-state index is 11.5. The number of carbonyl (C=O) groups excluding carboxylic acids is 1. The van der Waals surface area contributed by atoms with Gasteiger partial charge in [-0.2, -0.15) is 0 Å². The molecular weight excluding hydrogens is 316 g/mol. The second-order valence-electron chi connectivity index (χ2n) is 4.84. The monoisotopic (exact) mass is 338 g/mol. The van der Waals surface area contributed by atoms with E-state index in [0.717, 1.165) is 0 Å². The number of amides is 1. The van der Waals surface area contributed by atoms with Crippen LogP contribution in [-0.2, 0) is 9.53 Å². The minimum Gasteiger partial charge on any atom is -0.490 e. The van der Waals surface area contributed by atoms with E-state index in [1.165, 1.54) is 0 Å². The number of hydrogen-bond donors (Lipinski definition) is 2. The molecule has 1 heterocycles. The molecule has 1 aliphatic heterocycles. The van der Waals surface area contributed by atoms with Crippen LogP contribution < -0.4 is 19.7 Å². The normalized spacial score (nSPS) is 16.2. The molecule has 1 aliphatic rings. The predicted octanol–water partition coefficient (Wildman–Crippen LogP) is 1.53. The third-order valence-electron chi connectivity index (χ3n) is 3.22. The third-order valence-corrected chi connectivity index (χ3v) is 3.22. The Balaban J connectivity index is 2.41. The lowest BCUT2D eigenvalue weighted by Crippen LogP contribution is -2.31. The second-order valence-corrected chi connectivity index (χ2v) is 4.84. The Bertz CT molecular complexity index is 590. The van der Waals surface area contributed by atoms with Crippen molar-refractivity contribution in [1.29, 1.82) is 0 Å². The summed E-state index contributed by atoms with van der Waals surface area (Å²) in [7, 11) is 0. The highest BCUT2D eigenvalue weighted by Crippen LogP contribution is 2.39. The van der Waals surface area contributed by atoms with E-state index in [1.807, 2.05) is 20.8 Å². The molecule has 1 amide bonds. The van der Waals surface area contributed by atoms with E-state index in [4.69, 9.17) is 24.2 Å². The summed E-state index contributed by atoms with van der Waals surface area (Å²) in [5, 5.41) is 8.69. The lowest BCUT2D eigenvalue weighted by atomic mass is 10.1. The van der Waals surface area contributed by atoms with E-state index in [1.54, 1.807) is 17.6 Å². The van der Waals surface area contributed by atoms with Crippen molar-refractivity contribution in [3.8, 4) is 17.2 Å². The number of ether oxygens (including phenoxy) is 4. The zero-order valence-corrected chi connectivity index (χ0v) is 14.0. The van der Waals surface area contributed by atoms with Crippen molar-refractivity contribution in [2.75, 3.05) is 26.4 Å². The first-order chi connectivity index (χ1) is 11.6. The zero-order valence-electron chi connectivity index (χ0n) is 14.0. The van der Waals surface area contributed by atoms with Crippen LogP contribution in [0.2, 0.25) is 0 Å². The molecule has 1 unspecified atom stereocenters. The minimum atomic E-state index is -0.789. The number of hydroxylamine groups is 1. The SMILES string of the molecule is CCOc1cc(C2=NC(C(=O)NO)CO2)cc(OCC)c1OCC. The summed E-state index contributed by atoms with van der Waals surface area (Å²) in [6.07, 6.45) is 0. The average molecular weight is 338 g/mol. The highest BCUT2D eigenvalue weighted by atomic mass is 16.5. The van der Waals surface area contributed by atoms with Crippen molar-refractivity contribution in [2.45, 2.75) is 26.8 Å². The molecule has 8 heteroatoms. The molecule has 132 valence electrons. The molecule has 1 atom stereocenters. The highest BCUT2D eigenvalue weighted by molar-refractivity contribution is 5.99. The molecule has 0 fully saturated rings. The molecule has 2 N–H and O–H groups in total. The summed E-state index contributed by atoms with van der Waals surface area (Å²) in [5.41, 5.74) is 2.18. The van der Waals surface area contributed by atoms with Gasteiger partial charge in [-0.3, -0.25) is 10.0 Å². The van der Waals surface area contributed by atoms with E-state index in [-0.39, 0.29) is 12.5 Å². The van der Waals surface area contributed by atoms with Gasteiger partial charge in [0.2, 0.25) is 11.6 Å². The first-order valence-electron chi connectivity index (χ1n) is 7.85. The molecule has 2 rings (SSSR count). The maximum absolute atomic E-state index is 11.5. The molecule has 0 aromatic heterocycles. The summed E-state index contributed by atoms with van der Waals surface area (Å²) in [6.45, 7) is 7.05. The summed E-state index contributed by atoms with van der Waals surface area (Å²) < 4.78 is 22.4. The van der Waals surface area contributed by atoms with Gasteiger partial charge in [0, 0.05) is 5.56 Å². The number of benzene rings is 1. The quantitative estimate of drug-likeness (QED) is 0.551. The molecule has 0 bridgehead atoms. The van der Waals surface area contributed by atoms with Gasteiger partial charge in [0.05, 0.1) is 19.8 Å². The number of rotatable bonds is 8. The third kappa shape index (κ3) is 3.88. The molecule has 1 aromatic rings. The Kier molecular flexibility index (Phi) is 6.25. The predicted molar refractivity (Wildman–Crippen MR) is 86.2 cm³/mol. The molecule has 0 saturated heterocycles. The van der Waals surface area contributed by atoms with Crippen LogP contribution in [0.1, 0.15) is 26.3 Å². The Morgan fingerprint density at radius 1 is 1.21 bits per heavy atom. The molecule has 0 saturated carbocycles. The summed E-state index contributed by atoms with van der Waals surface area (Å²) in [4.78, 5) is 15.6. The Morgan fingerprint density at radius 3 is 2.29 bits per heavy atom. The van der Waals surface area contributed by atoms with Gasteiger partial charge in [0.15, 0.2) is 17.5 Å². The molecule has 8 nitrogen and oxygen atoms in total. The molecule has 0 radical (unpaired) electrons. The van der Waals surface area contributed by atoms with Crippen LogP contribution in [0.4, 0.5) is 0 Å². The van der Waals surface area contributed by atoms with Crippen molar-refractivity contribution in [3.05, 3.63) is 17.7 Å². The summed E-state index contributed by atoms with van der Waals surface area (Å²) in [5.74, 6) is 1.22. The summed E-state index contributed by atoms with van der Waals surface area (Å²) in [6, 6.07) is 2.67. The van der Waals surface area contributed by atoms with Crippen LogP contribution in [0, 0.1) is 0 Å². The first-order valence-corrected chi connectivity index (χ1v) is 7.85. The van der Waals surface area contributed by atoms with Crippen molar-refractivity contribution in [3.63, 3.8) is 0 Å². The number of aliphatic imine (C=N–C) groups is 1. The van der Waals surface area contributed by atoms with Crippen molar-refractivity contribution >= 4 is 11.8 Å². The van der Waals surface area contributed by atoms with Gasteiger partial charge in [-0.05, 0) is 32.9 Å². The van der Waals surface area contributed by atoms with Gasteiger partial charge >= 0.3 is 0 Å². The fourth-order valence-electron chi connectivity index (χ4n) is 2.25. The van der Waals surface area contributed by atoms with Gasteiger partial charge in [-0.1, -0.05) is 0 Å². The zero-order chi connectivity index (χ0) is 17.5. The number of hydrogen-bond acceptors (Lipinski definition) is 7. The van der Waals surface area contributed by atoms with Gasteiger partial charge < -0.3 is 18.9 Å². The fourth-order valence-corrected chi connectivity index (χ4v) is 2.25. The van der Waals surface area contributed by atoms with Crippen LogP contribution in [0.25, 0.3) is 0 Å². The molecule has 24 heavy (non-hydrogen) atoms. The summed E-state index contributed by atoms with van der Waals surface area (Å²) >= 11 is 0. The largest absolute Gasteiger partial charge is 0.490 e. The minimum absolute atomic E-state index is 0.0584. The van der Waals surface area contributed by atoms with Gasteiger partial charge in [0.1, 0.15) is 6.61 Å². The fraction of sp³-hybridized carbons (Fsp3) is 0.500. The number of carbonyl (C=O) groups is 1. The molecular formula is C16H22N2O6. The molecule has 0 spiro atoms. The smallest absolute Gasteiger partial charge is 0.271 e. The van der Waals surface area contributed by atoms with Crippen molar-refractivity contribution in [1.82, 2.24) is 5.48 Å². The average Bonchev–Trinajstić information content (AvgIpc) is 3.07. The van der Waals surface area contributed by atoms with Crippen LogP contribution in [-0.4, -0.2) is 49.5 Å². The van der Waals surface area contributed by atoms with E-state index in [2.05, 4.69) is 4.99 Å². The first kappa shape index (κ1) is 17.9. The van der Waals surface area contributed by atoms with E-state index >= 15 is 0 Å². The maximum Gasteiger partial charge on any atom is 0.271 e. The Morgan fingerprint density at radius 2 is 1.79 bits per heavy atom. The Labute approximate surface area is 140 Å². The van der Waals surface area contributed by atoms with E-state index < -0.39 is 11.9 Å². The van der Waals surface area contributed by atoms with Crippen molar-refractivity contribution < 1.29 is 28.9 Å². The van der Waals surface area contributed by atoms with Crippen LogP contribution in [0.3, 0.4) is 0 Å². The number of nitrogens with zero attached hydrogens (tertiary/aromatic N) is 1. The van der Waals surface area contributed by atoms with Crippen molar-refractivity contribution in [2.24, 2.45) is 4.99 Å². The van der Waals surface area contributed by atoms with Gasteiger partial charge in [0.25, 0.3) is 5.91 Å².